The van der Waals surface area contributed by atoms with Crippen LogP contribution in [0.15, 0.2) is 48.6 Å². The summed E-state index contributed by atoms with van der Waals surface area (Å²) >= 11 is 0. The molecule has 0 spiro atoms. The van der Waals surface area contributed by atoms with Gasteiger partial charge in [0, 0.05) is 12.8 Å². The van der Waals surface area contributed by atoms with Crippen molar-refractivity contribution < 1.29 is 24.5 Å². The summed E-state index contributed by atoms with van der Waals surface area (Å²) in [5, 5.41) is 23.1. The number of carbonyl (C=O) groups is 2. The van der Waals surface area contributed by atoms with Crippen LogP contribution in [0.3, 0.4) is 0 Å². The lowest BCUT2D eigenvalue weighted by Gasteiger charge is -2.20. The molecular weight excluding hydrogens is 1070 g/mol. The molecule has 0 aromatic carbocycles. The summed E-state index contributed by atoms with van der Waals surface area (Å²) in [6.07, 6.45) is 101. The molecule has 3 N–H and O–H groups in total. The molecule has 0 aromatic heterocycles. The Morgan fingerprint density at radius 1 is 0.322 bits per heavy atom. The van der Waals surface area contributed by atoms with Crippen molar-refractivity contribution >= 4 is 11.9 Å². The fraction of sp³-hybridized carbons (Fsp3) is 0.877. The molecule has 0 heterocycles. The van der Waals surface area contributed by atoms with Crippen LogP contribution in [0.2, 0.25) is 0 Å². The highest BCUT2D eigenvalue weighted by Crippen LogP contribution is 2.19. The van der Waals surface area contributed by atoms with Gasteiger partial charge in [0.1, 0.15) is 0 Å². The first-order valence-corrected chi connectivity index (χ1v) is 39.4. The van der Waals surface area contributed by atoms with Crippen molar-refractivity contribution in [2.75, 3.05) is 13.2 Å². The number of allylic oxidation sites excluding steroid dienone is 7. The summed E-state index contributed by atoms with van der Waals surface area (Å²) in [7, 11) is 0. The monoisotopic (exact) mass is 1220 g/mol. The predicted molar refractivity (Wildman–Crippen MR) is 384 cm³/mol. The number of nitrogens with one attached hydrogen (secondary N) is 1. The Kier molecular flexibility index (Phi) is 74.4. The van der Waals surface area contributed by atoms with Gasteiger partial charge < -0.3 is 20.3 Å². The van der Waals surface area contributed by atoms with Crippen LogP contribution in [0, 0.1) is 0 Å². The molecule has 0 aromatic rings. The van der Waals surface area contributed by atoms with Crippen LogP contribution in [-0.4, -0.2) is 47.4 Å². The van der Waals surface area contributed by atoms with E-state index in [4.69, 9.17) is 4.74 Å². The van der Waals surface area contributed by atoms with Gasteiger partial charge >= 0.3 is 5.97 Å². The third-order valence-corrected chi connectivity index (χ3v) is 18.3. The fourth-order valence-electron chi connectivity index (χ4n) is 12.3. The Hall–Kier alpha value is -2.18. The average Bonchev–Trinajstić information content (AvgIpc) is 3.54. The van der Waals surface area contributed by atoms with Crippen molar-refractivity contribution in [3.05, 3.63) is 48.6 Å². The summed E-state index contributed by atoms with van der Waals surface area (Å²) in [5.74, 6) is -0.0469. The molecule has 0 rings (SSSR count). The minimum atomic E-state index is -0.841. The number of carbonyl (C=O) groups excluding carboxylic acids is 2. The van der Waals surface area contributed by atoms with Gasteiger partial charge in [0.2, 0.25) is 5.91 Å². The lowest BCUT2D eigenvalue weighted by Crippen LogP contribution is -2.45. The maximum atomic E-state index is 12.5. The van der Waals surface area contributed by atoms with Gasteiger partial charge in [-0.15, -0.1) is 0 Å². The Morgan fingerprint density at radius 2 is 0.575 bits per heavy atom. The molecule has 512 valence electrons. The topological polar surface area (TPSA) is 95.9 Å². The van der Waals surface area contributed by atoms with E-state index in [1.165, 1.54) is 353 Å². The smallest absolute Gasteiger partial charge is 0.305 e. The van der Waals surface area contributed by atoms with Crippen LogP contribution in [0.1, 0.15) is 431 Å². The van der Waals surface area contributed by atoms with E-state index < -0.39 is 12.1 Å². The largest absolute Gasteiger partial charge is 0.466 e. The van der Waals surface area contributed by atoms with E-state index >= 15 is 0 Å². The normalized spacial score (nSPS) is 12.7. The minimum Gasteiger partial charge on any atom is -0.466 e. The van der Waals surface area contributed by atoms with E-state index in [-0.39, 0.29) is 18.5 Å². The number of unbranched alkanes of at least 4 members (excludes halogenated alkanes) is 57. The highest BCUT2D eigenvalue weighted by molar-refractivity contribution is 5.76. The molecule has 0 aliphatic carbocycles. The number of aliphatic hydroxyl groups is 2. The lowest BCUT2D eigenvalue weighted by atomic mass is 10.0. The number of hydrogen-bond donors (Lipinski definition) is 3. The number of amides is 1. The van der Waals surface area contributed by atoms with Gasteiger partial charge in [-0.1, -0.05) is 377 Å². The molecule has 87 heavy (non-hydrogen) atoms. The average molecular weight is 1220 g/mol. The van der Waals surface area contributed by atoms with Crippen LogP contribution in [0.25, 0.3) is 0 Å². The second-order valence-electron chi connectivity index (χ2n) is 27.0. The van der Waals surface area contributed by atoms with Crippen LogP contribution in [-0.2, 0) is 14.3 Å². The van der Waals surface area contributed by atoms with Gasteiger partial charge in [0.05, 0.1) is 25.4 Å². The standard InChI is InChI=1S/C81H153NO5/c1-3-5-7-9-11-13-15-17-18-19-44-47-51-55-59-63-67-71-75-81(86)87-76-72-68-64-60-56-52-48-45-42-40-38-36-34-32-30-28-26-24-22-20-21-23-25-27-29-31-33-35-37-39-41-43-46-50-54-58-62-66-70-74-80(85)82-78(77-83)79(84)73-69-65-61-57-53-49-16-14-12-10-8-6-4-2/h13,15,18-21,69,73,78-79,83-84H,3-12,14,16-17,22-68,70-72,74-77H2,1-2H3,(H,82,85)/b15-13-,19-18-,21-20-,73-69+. The first kappa shape index (κ1) is 84.8. The molecule has 1 amide bonds. The molecule has 0 aliphatic rings. The zero-order valence-electron chi connectivity index (χ0n) is 58.8. The molecular formula is C81H153NO5. The summed E-state index contributed by atoms with van der Waals surface area (Å²) in [6.45, 7) is 4.91. The molecule has 0 saturated heterocycles. The molecule has 6 heteroatoms. The second kappa shape index (κ2) is 76.3. The van der Waals surface area contributed by atoms with Crippen molar-refractivity contribution in [2.24, 2.45) is 0 Å². The predicted octanol–water partition coefficient (Wildman–Crippen LogP) is 26.0. The van der Waals surface area contributed by atoms with Gasteiger partial charge in [0.15, 0.2) is 0 Å². The zero-order chi connectivity index (χ0) is 62.8. The maximum Gasteiger partial charge on any atom is 0.305 e. The van der Waals surface area contributed by atoms with E-state index in [2.05, 4.69) is 55.6 Å². The van der Waals surface area contributed by atoms with Crippen molar-refractivity contribution in [2.45, 2.75) is 443 Å². The second-order valence-corrected chi connectivity index (χ2v) is 27.0. The van der Waals surface area contributed by atoms with Crippen molar-refractivity contribution in [1.29, 1.82) is 0 Å². The molecule has 6 nitrogen and oxygen atoms in total. The number of aliphatic hydroxyl groups excluding tert-OH is 2. The van der Waals surface area contributed by atoms with Gasteiger partial charge in [-0.25, -0.2) is 0 Å². The molecule has 0 saturated carbocycles. The third kappa shape index (κ3) is 72.8. The van der Waals surface area contributed by atoms with Crippen LogP contribution in [0.5, 0.6) is 0 Å². The van der Waals surface area contributed by atoms with Crippen molar-refractivity contribution in [1.82, 2.24) is 5.32 Å². The molecule has 0 aliphatic heterocycles. The molecule has 0 bridgehead atoms. The molecule has 0 radical (unpaired) electrons. The van der Waals surface area contributed by atoms with Gasteiger partial charge in [-0.2, -0.15) is 0 Å². The summed E-state index contributed by atoms with van der Waals surface area (Å²) in [6, 6.07) is -0.624. The summed E-state index contributed by atoms with van der Waals surface area (Å²) < 4.78 is 5.51. The van der Waals surface area contributed by atoms with Crippen molar-refractivity contribution in [3.8, 4) is 0 Å². The Labute approximate surface area is 544 Å². The molecule has 0 fully saturated rings. The summed E-state index contributed by atoms with van der Waals surface area (Å²) in [4.78, 5) is 24.6. The van der Waals surface area contributed by atoms with Gasteiger partial charge in [-0.3, -0.25) is 9.59 Å². The molecule has 2 unspecified atom stereocenters. The number of ether oxygens (including phenoxy) is 1. The number of esters is 1. The fourth-order valence-corrected chi connectivity index (χ4v) is 12.3. The van der Waals surface area contributed by atoms with Crippen molar-refractivity contribution in [3.63, 3.8) is 0 Å². The SMILES string of the molecule is CCCCCC/C=C\C/C=C\CCCCCCCCCC(=O)OCCCCCCCCCCCCCCCCCCCC/C=C\CCCCCCCCCCCCCCCCCCCC(=O)NC(CO)C(O)/C=C/CCCCCCCCCCCCC. The molecule has 2 atom stereocenters. The first-order chi connectivity index (χ1) is 43.0. The quantitative estimate of drug-likeness (QED) is 0.0320. The van der Waals surface area contributed by atoms with Crippen LogP contribution in [0.4, 0.5) is 0 Å². The highest BCUT2D eigenvalue weighted by atomic mass is 16.5. The van der Waals surface area contributed by atoms with E-state index in [1.807, 2.05) is 6.08 Å². The lowest BCUT2D eigenvalue weighted by molar-refractivity contribution is -0.143. The number of hydrogen-bond acceptors (Lipinski definition) is 5. The highest BCUT2D eigenvalue weighted by Gasteiger charge is 2.18. The Balaban J connectivity index is 3.32. The Bertz CT molecular complexity index is 1450. The van der Waals surface area contributed by atoms with Crippen LogP contribution >= 0.6 is 0 Å². The van der Waals surface area contributed by atoms with Gasteiger partial charge in [0.25, 0.3) is 0 Å². The van der Waals surface area contributed by atoms with E-state index in [1.54, 1.807) is 6.08 Å². The zero-order valence-corrected chi connectivity index (χ0v) is 58.8. The Morgan fingerprint density at radius 3 is 0.897 bits per heavy atom. The third-order valence-electron chi connectivity index (χ3n) is 18.3. The first-order valence-electron chi connectivity index (χ1n) is 39.4. The van der Waals surface area contributed by atoms with Gasteiger partial charge in [-0.05, 0) is 89.9 Å². The number of rotatable bonds is 74. The maximum absolute atomic E-state index is 12.5. The van der Waals surface area contributed by atoms with E-state index in [0.717, 1.165) is 51.4 Å². The van der Waals surface area contributed by atoms with Crippen LogP contribution < -0.4 is 5.32 Å². The van der Waals surface area contributed by atoms with E-state index in [9.17, 15) is 19.8 Å². The van der Waals surface area contributed by atoms with E-state index in [0.29, 0.717) is 19.4 Å². The summed E-state index contributed by atoms with van der Waals surface area (Å²) in [5.41, 5.74) is 0. The minimum absolute atomic E-state index is 0.0153.